The average Bonchev–Trinajstić information content (AvgIpc) is 2.86. The van der Waals surface area contributed by atoms with Crippen LogP contribution in [0.4, 0.5) is 0 Å². The van der Waals surface area contributed by atoms with Crippen molar-refractivity contribution in [3.8, 4) is 0 Å². The van der Waals surface area contributed by atoms with Gasteiger partial charge in [0.15, 0.2) is 0 Å². The van der Waals surface area contributed by atoms with E-state index in [9.17, 15) is 9.59 Å². The van der Waals surface area contributed by atoms with Crippen LogP contribution in [0, 0.1) is 11.8 Å². The number of amides is 1. The summed E-state index contributed by atoms with van der Waals surface area (Å²) in [7, 11) is 0. The van der Waals surface area contributed by atoms with Crippen molar-refractivity contribution in [3.63, 3.8) is 0 Å². The van der Waals surface area contributed by atoms with E-state index in [4.69, 9.17) is 5.11 Å². The van der Waals surface area contributed by atoms with Gasteiger partial charge >= 0.3 is 5.97 Å². The van der Waals surface area contributed by atoms with E-state index in [1.54, 1.807) is 4.90 Å². The molecule has 0 bridgehead atoms. The van der Waals surface area contributed by atoms with Crippen LogP contribution in [0.2, 0.25) is 0 Å². The van der Waals surface area contributed by atoms with Gasteiger partial charge < -0.3 is 15.3 Å². The van der Waals surface area contributed by atoms with Gasteiger partial charge in [-0.3, -0.25) is 9.59 Å². The number of carbonyl (C=O) groups excluding carboxylic acids is 1. The second kappa shape index (κ2) is 5.04. The third kappa shape index (κ3) is 2.77. The highest BCUT2D eigenvalue weighted by molar-refractivity contribution is 5.79. The highest BCUT2D eigenvalue weighted by atomic mass is 16.4. The van der Waals surface area contributed by atoms with Crippen molar-refractivity contribution < 1.29 is 14.7 Å². The van der Waals surface area contributed by atoms with E-state index in [1.807, 2.05) is 6.92 Å². The second-order valence-electron chi connectivity index (χ2n) is 5.22. The number of carboxylic acids is 1. The maximum Gasteiger partial charge on any atom is 0.308 e. The molecule has 0 aromatic rings. The number of carboxylic acid groups (broad SMARTS) is 1. The summed E-state index contributed by atoms with van der Waals surface area (Å²) in [5.74, 6) is -1.02. The van der Waals surface area contributed by atoms with Crippen molar-refractivity contribution in [2.24, 2.45) is 11.8 Å². The molecule has 5 nitrogen and oxygen atoms in total. The fraction of sp³-hybridized carbons (Fsp3) is 0.833. The number of hydrogen-bond acceptors (Lipinski definition) is 3. The summed E-state index contributed by atoms with van der Waals surface area (Å²) in [6.45, 7) is 3.86. The maximum absolute atomic E-state index is 12.0. The van der Waals surface area contributed by atoms with Crippen molar-refractivity contribution in [1.82, 2.24) is 10.2 Å². The lowest BCUT2D eigenvalue weighted by atomic mass is 9.99. The third-order valence-corrected chi connectivity index (χ3v) is 3.87. The molecule has 2 fully saturated rings. The highest BCUT2D eigenvalue weighted by Gasteiger charge is 2.37. The summed E-state index contributed by atoms with van der Waals surface area (Å²) in [6.07, 6.45) is 2.70. The van der Waals surface area contributed by atoms with Gasteiger partial charge in [-0.25, -0.2) is 0 Å². The Hall–Kier alpha value is -1.10. The van der Waals surface area contributed by atoms with Crippen LogP contribution in [0.25, 0.3) is 0 Å². The van der Waals surface area contributed by atoms with E-state index in [0.717, 1.165) is 19.4 Å². The molecule has 0 saturated carbocycles. The number of carbonyl (C=O) groups is 2. The second-order valence-corrected chi connectivity index (χ2v) is 5.22. The van der Waals surface area contributed by atoms with E-state index >= 15 is 0 Å². The molecule has 0 aromatic heterocycles. The van der Waals surface area contributed by atoms with Gasteiger partial charge in [0.2, 0.25) is 5.91 Å². The molecule has 96 valence electrons. The molecule has 3 unspecified atom stereocenters. The fourth-order valence-electron chi connectivity index (χ4n) is 2.76. The van der Waals surface area contributed by atoms with E-state index in [0.29, 0.717) is 25.6 Å². The lowest BCUT2D eigenvalue weighted by Crippen LogP contribution is -2.35. The van der Waals surface area contributed by atoms with Crippen LogP contribution in [0.15, 0.2) is 0 Å². The minimum atomic E-state index is -0.785. The maximum atomic E-state index is 12.0. The Morgan fingerprint density at radius 1 is 1.41 bits per heavy atom. The first-order valence-electron chi connectivity index (χ1n) is 6.32. The van der Waals surface area contributed by atoms with Crippen LogP contribution in [-0.2, 0) is 9.59 Å². The number of likely N-dealkylation sites (tertiary alicyclic amines) is 1. The number of nitrogens with zero attached hydrogens (tertiary/aromatic N) is 1. The molecule has 2 N–H and O–H groups in total. The van der Waals surface area contributed by atoms with Crippen LogP contribution in [-0.4, -0.2) is 47.6 Å². The minimum Gasteiger partial charge on any atom is -0.481 e. The first-order chi connectivity index (χ1) is 8.08. The minimum absolute atomic E-state index is 0.0630. The Balaban J connectivity index is 1.86. The van der Waals surface area contributed by atoms with Gasteiger partial charge in [-0.05, 0) is 25.3 Å². The molecule has 1 amide bonds. The number of hydrogen-bond donors (Lipinski definition) is 2. The molecular formula is C12H20N2O3. The molecule has 0 aliphatic carbocycles. The van der Waals surface area contributed by atoms with Crippen LogP contribution >= 0.6 is 0 Å². The van der Waals surface area contributed by atoms with E-state index in [2.05, 4.69) is 5.32 Å². The largest absolute Gasteiger partial charge is 0.481 e. The quantitative estimate of drug-likeness (QED) is 0.745. The van der Waals surface area contributed by atoms with Gasteiger partial charge in [0.1, 0.15) is 0 Å². The van der Waals surface area contributed by atoms with Gasteiger partial charge in [-0.15, -0.1) is 0 Å². The molecule has 2 saturated heterocycles. The predicted molar refractivity (Wildman–Crippen MR) is 62.5 cm³/mol. The van der Waals surface area contributed by atoms with E-state index in [-0.39, 0.29) is 11.8 Å². The average molecular weight is 240 g/mol. The molecule has 17 heavy (non-hydrogen) atoms. The van der Waals surface area contributed by atoms with Crippen molar-refractivity contribution >= 4 is 11.9 Å². The molecule has 3 atom stereocenters. The smallest absolute Gasteiger partial charge is 0.308 e. The fourth-order valence-corrected chi connectivity index (χ4v) is 2.76. The van der Waals surface area contributed by atoms with Gasteiger partial charge in [0, 0.05) is 25.6 Å². The standard InChI is InChI=1S/C12H20N2O3/c1-8-6-14(7-10(8)12(16)17)11(15)5-9-3-2-4-13-9/h8-10,13H,2-7H2,1H3,(H,16,17). The molecule has 0 aromatic carbocycles. The van der Waals surface area contributed by atoms with Gasteiger partial charge in [-0.1, -0.05) is 6.92 Å². The molecule has 2 heterocycles. The Labute approximate surface area is 101 Å². The van der Waals surface area contributed by atoms with Crippen molar-refractivity contribution in [1.29, 1.82) is 0 Å². The summed E-state index contributed by atoms with van der Waals surface area (Å²) < 4.78 is 0. The first-order valence-corrected chi connectivity index (χ1v) is 6.32. The summed E-state index contributed by atoms with van der Waals surface area (Å²) >= 11 is 0. The molecular weight excluding hydrogens is 220 g/mol. The first kappa shape index (κ1) is 12.4. The molecule has 2 aliphatic heterocycles. The number of nitrogens with one attached hydrogen (secondary N) is 1. The molecule has 0 spiro atoms. The Morgan fingerprint density at radius 2 is 2.18 bits per heavy atom. The summed E-state index contributed by atoms with van der Waals surface area (Å²) in [4.78, 5) is 24.7. The van der Waals surface area contributed by atoms with Crippen LogP contribution < -0.4 is 5.32 Å². The lowest BCUT2D eigenvalue weighted by Gasteiger charge is -2.18. The van der Waals surface area contributed by atoms with E-state index in [1.165, 1.54) is 0 Å². The number of aliphatic carboxylic acids is 1. The summed E-state index contributed by atoms with van der Waals surface area (Å²) in [5.41, 5.74) is 0. The number of rotatable bonds is 3. The van der Waals surface area contributed by atoms with E-state index < -0.39 is 11.9 Å². The highest BCUT2D eigenvalue weighted by Crippen LogP contribution is 2.24. The molecule has 2 aliphatic rings. The monoisotopic (exact) mass is 240 g/mol. The van der Waals surface area contributed by atoms with Crippen LogP contribution in [0.3, 0.4) is 0 Å². The van der Waals surface area contributed by atoms with Crippen molar-refractivity contribution in [2.75, 3.05) is 19.6 Å². The SMILES string of the molecule is CC1CN(C(=O)CC2CCCN2)CC1C(=O)O. The summed E-state index contributed by atoms with van der Waals surface area (Å²) in [5, 5.41) is 12.3. The van der Waals surface area contributed by atoms with Gasteiger partial charge in [0.05, 0.1) is 5.92 Å². The van der Waals surface area contributed by atoms with Gasteiger partial charge in [-0.2, -0.15) is 0 Å². The lowest BCUT2D eigenvalue weighted by molar-refractivity contribution is -0.142. The zero-order valence-corrected chi connectivity index (χ0v) is 10.2. The Kier molecular flexibility index (Phi) is 3.66. The van der Waals surface area contributed by atoms with Crippen LogP contribution in [0.5, 0.6) is 0 Å². The predicted octanol–water partition coefficient (Wildman–Crippen LogP) is 0.308. The van der Waals surface area contributed by atoms with Crippen molar-refractivity contribution in [2.45, 2.75) is 32.2 Å². The van der Waals surface area contributed by atoms with Crippen LogP contribution in [0.1, 0.15) is 26.2 Å². The Bertz CT molecular complexity index is 313. The van der Waals surface area contributed by atoms with Gasteiger partial charge in [0.25, 0.3) is 0 Å². The zero-order chi connectivity index (χ0) is 12.4. The summed E-state index contributed by atoms with van der Waals surface area (Å²) in [6, 6.07) is 0.293. The normalized spacial score (nSPS) is 33.0. The Morgan fingerprint density at radius 3 is 2.71 bits per heavy atom. The molecule has 2 rings (SSSR count). The molecule has 5 heteroatoms. The zero-order valence-electron chi connectivity index (χ0n) is 10.2. The van der Waals surface area contributed by atoms with Crippen molar-refractivity contribution in [3.05, 3.63) is 0 Å². The molecule has 0 radical (unpaired) electrons. The third-order valence-electron chi connectivity index (χ3n) is 3.87. The topological polar surface area (TPSA) is 69.6 Å².